The summed E-state index contributed by atoms with van der Waals surface area (Å²) in [6.45, 7) is 1.94. The zero-order chi connectivity index (χ0) is 13.8. The molecule has 0 bridgehead atoms. The van der Waals surface area contributed by atoms with E-state index < -0.39 is 11.9 Å². The molecule has 2 aromatic rings. The first-order valence-corrected chi connectivity index (χ1v) is 6.29. The zero-order valence-electron chi connectivity index (χ0n) is 10.4. The first-order chi connectivity index (χ1) is 9.06. The molecule has 0 aromatic heterocycles. The van der Waals surface area contributed by atoms with Crippen LogP contribution in [0.4, 0.5) is 4.39 Å². The van der Waals surface area contributed by atoms with Crippen molar-refractivity contribution in [3.8, 4) is 5.75 Å². The van der Waals surface area contributed by atoms with Crippen molar-refractivity contribution in [3.63, 3.8) is 0 Å². The van der Waals surface area contributed by atoms with Gasteiger partial charge in [0.2, 0.25) is 0 Å². The predicted octanol–water partition coefficient (Wildman–Crippen LogP) is 4.11. The third-order valence-corrected chi connectivity index (χ3v) is 3.04. The van der Waals surface area contributed by atoms with Crippen LogP contribution in [0.1, 0.15) is 24.2 Å². The zero-order valence-corrected chi connectivity index (χ0v) is 11.2. The number of aliphatic hydroxyl groups is 1. The Morgan fingerprint density at radius 1 is 1.26 bits per heavy atom. The number of hydrogen-bond acceptors (Lipinski definition) is 2. The average molecular weight is 281 g/mol. The fourth-order valence-corrected chi connectivity index (χ4v) is 1.78. The van der Waals surface area contributed by atoms with Crippen LogP contribution >= 0.6 is 11.6 Å². The first-order valence-electron chi connectivity index (χ1n) is 5.91. The maximum atomic E-state index is 13.3. The second-order valence-corrected chi connectivity index (χ2v) is 4.69. The number of hydrogen-bond donors (Lipinski definition) is 1. The summed E-state index contributed by atoms with van der Waals surface area (Å²) >= 11 is 5.61. The molecule has 0 aliphatic carbocycles. The topological polar surface area (TPSA) is 29.5 Å². The van der Waals surface area contributed by atoms with Crippen LogP contribution in [-0.2, 0) is 6.61 Å². The van der Waals surface area contributed by atoms with E-state index in [1.807, 2.05) is 6.07 Å². The van der Waals surface area contributed by atoms with Crippen molar-refractivity contribution in [2.75, 3.05) is 0 Å². The molecule has 1 atom stereocenters. The molecule has 2 rings (SSSR count). The Kier molecular flexibility index (Phi) is 4.40. The van der Waals surface area contributed by atoms with Gasteiger partial charge >= 0.3 is 0 Å². The first kappa shape index (κ1) is 13.8. The molecule has 0 unspecified atom stereocenters. The van der Waals surface area contributed by atoms with Crippen molar-refractivity contribution < 1.29 is 14.2 Å². The molecule has 0 aliphatic heterocycles. The Morgan fingerprint density at radius 2 is 2.05 bits per heavy atom. The van der Waals surface area contributed by atoms with Crippen LogP contribution in [-0.4, -0.2) is 5.11 Å². The summed E-state index contributed by atoms with van der Waals surface area (Å²) in [4.78, 5) is 0. The Labute approximate surface area is 116 Å². The maximum absolute atomic E-state index is 13.3. The van der Waals surface area contributed by atoms with Crippen molar-refractivity contribution in [1.82, 2.24) is 0 Å². The molecule has 0 heterocycles. The minimum absolute atomic E-state index is 0.0971. The maximum Gasteiger partial charge on any atom is 0.142 e. The second-order valence-electron chi connectivity index (χ2n) is 4.29. The van der Waals surface area contributed by atoms with E-state index in [9.17, 15) is 9.50 Å². The summed E-state index contributed by atoms with van der Waals surface area (Å²) in [6.07, 6.45) is -0.545. The molecule has 0 spiro atoms. The van der Waals surface area contributed by atoms with E-state index in [1.54, 1.807) is 31.2 Å². The second kappa shape index (κ2) is 6.04. The molecule has 0 amide bonds. The van der Waals surface area contributed by atoms with Crippen molar-refractivity contribution in [2.24, 2.45) is 0 Å². The van der Waals surface area contributed by atoms with Gasteiger partial charge in [-0.1, -0.05) is 29.8 Å². The quantitative estimate of drug-likeness (QED) is 0.913. The molecule has 0 aliphatic rings. The van der Waals surface area contributed by atoms with Crippen molar-refractivity contribution in [3.05, 3.63) is 64.4 Å². The van der Waals surface area contributed by atoms with Gasteiger partial charge in [-0.25, -0.2) is 4.39 Å². The molecule has 1 N–H and O–H groups in total. The van der Waals surface area contributed by atoms with Gasteiger partial charge in [0, 0.05) is 0 Å². The van der Waals surface area contributed by atoms with E-state index in [0.29, 0.717) is 11.3 Å². The number of halogens is 2. The SMILES string of the molecule is C[C@H](O)c1cccc(OCc2ccc(Cl)c(F)c2)c1. The van der Waals surface area contributed by atoms with E-state index in [2.05, 4.69) is 0 Å². The summed E-state index contributed by atoms with van der Waals surface area (Å²) in [5, 5.41) is 9.58. The van der Waals surface area contributed by atoms with Crippen LogP contribution in [0, 0.1) is 5.82 Å². The lowest BCUT2D eigenvalue weighted by Gasteiger charge is -2.10. The number of benzene rings is 2. The highest BCUT2D eigenvalue weighted by atomic mass is 35.5. The molecular weight excluding hydrogens is 267 g/mol. The molecule has 0 saturated heterocycles. The summed E-state index contributed by atoms with van der Waals surface area (Å²) in [5.74, 6) is 0.175. The molecule has 0 fully saturated rings. The van der Waals surface area contributed by atoms with Crippen LogP contribution in [0.5, 0.6) is 5.75 Å². The van der Waals surface area contributed by atoms with Crippen LogP contribution in [0.3, 0.4) is 0 Å². The smallest absolute Gasteiger partial charge is 0.142 e. The Hall–Kier alpha value is -1.58. The summed E-state index contributed by atoms with van der Waals surface area (Å²) in [6, 6.07) is 11.7. The standard InChI is InChI=1S/C15H14ClFO2/c1-10(18)12-3-2-4-13(8-12)19-9-11-5-6-14(16)15(17)7-11/h2-8,10,18H,9H2,1H3/t10-/m0/s1. The number of rotatable bonds is 4. The Bertz CT molecular complexity index is 570. The lowest BCUT2D eigenvalue weighted by Crippen LogP contribution is -1.98. The predicted molar refractivity (Wildman–Crippen MR) is 72.8 cm³/mol. The van der Waals surface area contributed by atoms with Crippen molar-refractivity contribution >= 4 is 11.6 Å². The molecule has 19 heavy (non-hydrogen) atoms. The van der Waals surface area contributed by atoms with Crippen LogP contribution in [0.15, 0.2) is 42.5 Å². The van der Waals surface area contributed by atoms with Gasteiger partial charge in [-0.05, 0) is 42.3 Å². The highest BCUT2D eigenvalue weighted by molar-refractivity contribution is 6.30. The van der Waals surface area contributed by atoms with Gasteiger partial charge in [-0.15, -0.1) is 0 Å². The lowest BCUT2D eigenvalue weighted by atomic mass is 10.1. The number of aliphatic hydroxyl groups excluding tert-OH is 1. The fourth-order valence-electron chi connectivity index (χ4n) is 1.66. The van der Waals surface area contributed by atoms with Crippen LogP contribution in [0.2, 0.25) is 5.02 Å². The van der Waals surface area contributed by atoms with E-state index in [0.717, 1.165) is 5.56 Å². The van der Waals surface area contributed by atoms with Crippen molar-refractivity contribution in [2.45, 2.75) is 19.6 Å². The molecule has 0 saturated carbocycles. The minimum Gasteiger partial charge on any atom is -0.489 e. The van der Waals surface area contributed by atoms with Gasteiger partial charge in [-0.2, -0.15) is 0 Å². The van der Waals surface area contributed by atoms with Gasteiger partial charge in [-0.3, -0.25) is 0 Å². The van der Waals surface area contributed by atoms with E-state index in [-0.39, 0.29) is 11.6 Å². The van der Waals surface area contributed by atoms with Gasteiger partial charge < -0.3 is 9.84 Å². The summed E-state index contributed by atoms with van der Waals surface area (Å²) in [5.41, 5.74) is 1.48. The minimum atomic E-state index is -0.545. The monoisotopic (exact) mass is 280 g/mol. The normalized spacial score (nSPS) is 12.2. The highest BCUT2D eigenvalue weighted by Gasteiger charge is 2.04. The van der Waals surface area contributed by atoms with Gasteiger partial charge in [0.15, 0.2) is 0 Å². The summed E-state index contributed by atoms with van der Waals surface area (Å²) < 4.78 is 18.8. The average Bonchev–Trinajstić information content (AvgIpc) is 2.40. The highest BCUT2D eigenvalue weighted by Crippen LogP contribution is 2.21. The molecule has 4 heteroatoms. The van der Waals surface area contributed by atoms with E-state index in [4.69, 9.17) is 16.3 Å². The van der Waals surface area contributed by atoms with E-state index >= 15 is 0 Å². The third kappa shape index (κ3) is 3.69. The van der Waals surface area contributed by atoms with Gasteiger partial charge in [0.1, 0.15) is 18.2 Å². The fraction of sp³-hybridized carbons (Fsp3) is 0.200. The largest absolute Gasteiger partial charge is 0.489 e. The molecule has 0 radical (unpaired) electrons. The number of ether oxygens (including phenoxy) is 1. The van der Waals surface area contributed by atoms with Gasteiger partial charge in [0.05, 0.1) is 11.1 Å². The molecule has 2 nitrogen and oxygen atoms in total. The molecule has 2 aromatic carbocycles. The van der Waals surface area contributed by atoms with Crippen LogP contribution < -0.4 is 4.74 Å². The van der Waals surface area contributed by atoms with E-state index in [1.165, 1.54) is 12.1 Å². The Morgan fingerprint density at radius 3 is 2.74 bits per heavy atom. The molecular formula is C15H14ClFO2. The van der Waals surface area contributed by atoms with Gasteiger partial charge in [0.25, 0.3) is 0 Å². The Balaban J connectivity index is 2.05. The van der Waals surface area contributed by atoms with Crippen LogP contribution in [0.25, 0.3) is 0 Å². The summed E-state index contributed by atoms with van der Waals surface area (Å²) in [7, 11) is 0. The lowest BCUT2D eigenvalue weighted by molar-refractivity contribution is 0.198. The van der Waals surface area contributed by atoms with Crippen molar-refractivity contribution in [1.29, 1.82) is 0 Å². The molecule has 100 valence electrons. The third-order valence-electron chi connectivity index (χ3n) is 2.73.